The summed E-state index contributed by atoms with van der Waals surface area (Å²) in [4.78, 5) is 0.797. The highest BCUT2D eigenvalue weighted by Gasteiger charge is 2.11. The third kappa shape index (κ3) is 8.23. The highest BCUT2D eigenvalue weighted by Crippen LogP contribution is 2.29. The molecule has 35 heavy (non-hydrogen) atoms. The van der Waals surface area contributed by atoms with Gasteiger partial charge < -0.3 is 14.2 Å². The fourth-order valence-corrected chi connectivity index (χ4v) is 3.61. The summed E-state index contributed by atoms with van der Waals surface area (Å²) in [6, 6.07) is 23.7. The predicted octanol–water partition coefficient (Wildman–Crippen LogP) is 8.68. The topological polar surface area (TPSA) is 27.7 Å². The summed E-state index contributed by atoms with van der Waals surface area (Å²) < 4.78 is 18.5. The van der Waals surface area contributed by atoms with E-state index in [4.69, 9.17) is 14.2 Å². The van der Waals surface area contributed by atoms with Gasteiger partial charge in [0.15, 0.2) is 0 Å². The van der Waals surface area contributed by atoms with Gasteiger partial charge in [-0.15, -0.1) is 12.6 Å². The first-order valence-corrected chi connectivity index (χ1v) is 12.3. The standard InChI is InChI=1S/C30H29BrO3S/c1-21-18-27(15-17-29(21)31)34-30(19-24-11-13-26(32-4)14-12-24)28(23(3)35)16-10-22(2)33-20-25-8-6-5-7-9-25/h5-19,35H,2,20H2,1,3-4H3/b16-10-,28-23-,30-19-. The molecule has 5 heteroatoms. The first-order valence-electron chi connectivity index (χ1n) is 11.1. The van der Waals surface area contributed by atoms with Crippen molar-refractivity contribution in [1.82, 2.24) is 0 Å². The number of halogens is 1. The van der Waals surface area contributed by atoms with Gasteiger partial charge in [0.25, 0.3) is 0 Å². The Kier molecular flexibility index (Phi) is 9.88. The van der Waals surface area contributed by atoms with E-state index in [-0.39, 0.29) is 0 Å². The van der Waals surface area contributed by atoms with Gasteiger partial charge in [0.1, 0.15) is 29.6 Å². The number of hydrogen-bond donors (Lipinski definition) is 1. The number of ether oxygens (including phenoxy) is 3. The van der Waals surface area contributed by atoms with Crippen LogP contribution < -0.4 is 9.47 Å². The van der Waals surface area contributed by atoms with Crippen LogP contribution in [0.2, 0.25) is 0 Å². The number of allylic oxidation sites excluding steroid dienone is 3. The molecule has 0 saturated carbocycles. The van der Waals surface area contributed by atoms with Crippen LogP contribution in [0.4, 0.5) is 0 Å². The van der Waals surface area contributed by atoms with Crippen molar-refractivity contribution in [1.29, 1.82) is 0 Å². The van der Waals surface area contributed by atoms with E-state index in [1.807, 2.05) is 105 Å². The third-order valence-electron chi connectivity index (χ3n) is 5.13. The summed E-state index contributed by atoms with van der Waals surface area (Å²) >= 11 is 8.20. The minimum atomic E-state index is 0.451. The van der Waals surface area contributed by atoms with Crippen LogP contribution in [0.5, 0.6) is 11.5 Å². The second-order valence-electron chi connectivity index (χ2n) is 7.87. The highest BCUT2D eigenvalue weighted by atomic mass is 79.9. The molecule has 0 aliphatic heterocycles. The zero-order chi connectivity index (χ0) is 25.2. The van der Waals surface area contributed by atoms with Crippen molar-refractivity contribution in [2.45, 2.75) is 20.5 Å². The highest BCUT2D eigenvalue weighted by molar-refractivity contribution is 9.10. The molecule has 0 atom stereocenters. The SMILES string of the molecule is C=C(\C=C/C(C(=C/c1ccc(OC)cc1)/Oc1ccc(Br)c(C)c1)=C(\C)S)OCc1ccccc1. The Hall–Kier alpha value is -3.15. The van der Waals surface area contributed by atoms with Gasteiger partial charge in [-0.3, -0.25) is 0 Å². The fraction of sp³-hybridized carbons (Fsp3) is 0.133. The van der Waals surface area contributed by atoms with E-state index in [2.05, 4.69) is 35.1 Å². The Morgan fingerprint density at radius 3 is 2.29 bits per heavy atom. The normalized spacial score (nSPS) is 12.3. The van der Waals surface area contributed by atoms with Gasteiger partial charge in [0.2, 0.25) is 0 Å². The fourth-order valence-electron chi connectivity index (χ4n) is 3.18. The minimum Gasteiger partial charge on any atom is -0.497 e. The number of thiol groups is 1. The molecule has 0 unspecified atom stereocenters. The number of hydrogen-bond acceptors (Lipinski definition) is 4. The van der Waals surface area contributed by atoms with Gasteiger partial charge in [-0.2, -0.15) is 0 Å². The molecule has 0 fully saturated rings. The molecule has 3 aromatic carbocycles. The molecule has 0 aliphatic rings. The van der Waals surface area contributed by atoms with E-state index in [1.165, 1.54) is 0 Å². The zero-order valence-electron chi connectivity index (χ0n) is 20.1. The maximum atomic E-state index is 6.38. The average Bonchev–Trinajstić information content (AvgIpc) is 2.86. The molecule has 0 aliphatic carbocycles. The van der Waals surface area contributed by atoms with Crippen molar-refractivity contribution in [2.75, 3.05) is 7.11 Å². The third-order valence-corrected chi connectivity index (χ3v) is 6.26. The lowest BCUT2D eigenvalue weighted by Gasteiger charge is -2.15. The van der Waals surface area contributed by atoms with E-state index >= 15 is 0 Å². The lowest BCUT2D eigenvalue weighted by Crippen LogP contribution is -2.00. The lowest BCUT2D eigenvalue weighted by atomic mass is 10.1. The quantitative estimate of drug-likeness (QED) is 0.156. The lowest BCUT2D eigenvalue weighted by molar-refractivity contribution is 0.212. The van der Waals surface area contributed by atoms with E-state index in [9.17, 15) is 0 Å². The maximum absolute atomic E-state index is 6.38. The molecule has 3 aromatic rings. The summed E-state index contributed by atoms with van der Waals surface area (Å²) in [5.74, 6) is 2.71. The van der Waals surface area contributed by atoms with E-state index in [0.29, 0.717) is 18.1 Å². The molecular formula is C30H29BrO3S. The van der Waals surface area contributed by atoms with E-state index in [1.54, 1.807) is 7.11 Å². The van der Waals surface area contributed by atoms with Crippen molar-refractivity contribution in [3.63, 3.8) is 0 Å². The van der Waals surface area contributed by atoms with Crippen LogP contribution in [0.15, 0.2) is 118 Å². The van der Waals surface area contributed by atoms with Crippen molar-refractivity contribution in [3.05, 3.63) is 135 Å². The van der Waals surface area contributed by atoms with Crippen LogP contribution in [0.1, 0.15) is 23.6 Å². The maximum Gasteiger partial charge on any atom is 0.136 e. The number of methoxy groups -OCH3 is 1. The molecule has 0 aromatic heterocycles. The van der Waals surface area contributed by atoms with E-state index in [0.717, 1.165) is 43.1 Å². The van der Waals surface area contributed by atoms with Crippen molar-refractivity contribution >= 4 is 34.6 Å². The average molecular weight is 550 g/mol. The van der Waals surface area contributed by atoms with Gasteiger partial charge in [-0.1, -0.05) is 65.0 Å². The summed E-state index contributed by atoms with van der Waals surface area (Å²) in [6.45, 7) is 8.43. The van der Waals surface area contributed by atoms with Gasteiger partial charge in [0, 0.05) is 10.0 Å². The predicted molar refractivity (Wildman–Crippen MR) is 152 cm³/mol. The molecule has 0 amide bonds. The molecule has 3 nitrogen and oxygen atoms in total. The molecule has 0 bridgehead atoms. The minimum absolute atomic E-state index is 0.451. The molecule has 0 heterocycles. The van der Waals surface area contributed by atoms with Gasteiger partial charge in [0.05, 0.1) is 7.11 Å². The molecule has 0 N–H and O–H groups in total. The Morgan fingerprint density at radius 1 is 0.971 bits per heavy atom. The van der Waals surface area contributed by atoms with Gasteiger partial charge in [-0.25, -0.2) is 0 Å². The largest absolute Gasteiger partial charge is 0.497 e. The van der Waals surface area contributed by atoms with Crippen LogP contribution in [0.25, 0.3) is 6.08 Å². The number of rotatable bonds is 10. The molecule has 0 spiro atoms. The van der Waals surface area contributed by atoms with Crippen molar-refractivity contribution in [2.24, 2.45) is 0 Å². The van der Waals surface area contributed by atoms with Gasteiger partial charge in [-0.05, 0) is 84.0 Å². The number of aryl methyl sites for hydroxylation is 1. The molecule has 3 rings (SSSR count). The molecule has 0 radical (unpaired) electrons. The number of benzene rings is 3. The molecular weight excluding hydrogens is 520 g/mol. The van der Waals surface area contributed by atoms with Crippen molar-refractivity contribution < 1.29 is 14.2 Å². The van der Waals surface area contributed by atoms with Crippen LogP contribution in [0.3, 0.4) is 0 Å². The second-order valence-corrected chi connectivity index (χ2v) is 9.39. The Bertz CT molecular complexity index is 1240. The summed E-state index contributed by atoms with van der Waals surface area (Å²) in [6.07, 6.45) is 5.72. The van der Waals surface area contributed by atoms with E-state index < -0.39 is 0 Å². The van der Waals surface area contributed by atoms with Crippen LogP contribution in [-0.2, 0) is 11.3 Å². The summed E-state index contributed by atoms with van der Waals surface area (Å²) in [5, 5.41) is 0. The second kappa shape index (κ2) is 13.1. The summed E-state index contributed by atoms with van der Waals surface area (Å²) in [5.41, 5.74) is 3.94. The van der Waals surface area contributed by atoms with Crippen LogP contribution in [-0.4, -0.2) is 7.11 Å². The monoisotopic (exact) mass is 548 g/mol. The van der Waals surface area contributed by atoms with Gasteiger partial charge >= 0.3 is 0 Å². The first kappa shape index (κ1) is 26.5. The van der Waals surface area contributed by atoms with Crippen molar-refractivity contribution in [3.8, 4) is 11.5 Å². The first-order chi connectivity index (χ1) is 16.9. The Morgan fingerprint density at radius 2 is 1.66 bits per heavy atom. The zero-order valence-corrected chi connectivity index (χ0v) is 22.6. The summed E-state index contributed by atoms with van der Waals surface area (Å²) in [7, 11) is 1.65. The van der Waals surface area contributed by atoms with Crippen LogP contribution in [0, 0.1) is 6.92 Å². The Balaban J connectivity index is 1.88. The molecule has 0 saturated heterocycles. The molecule has 180 valence electrons. The van der Waals surface area contributed by atoms with Crippen LogP contribution >= 0.6 is 28.6 Å². The smallest absolute Gasteiger partial charge is 0.136 e. The Labute approximate surface area is 222 Å².